The topological polar surface area (TPSA) is 83.1 Å². The molecule has 0 saturated heterocycles. The third-order valence-corrected chi connectivity index (χ3v) is 6.19. The van der Waals surface area contributed by atoms with Crippen LogP contribution < -0.4 is 24.3 Å². The van der Waals surface area contributed by atoms with Crippen molar-refractivity contribution in [1.82, 2.24) is 5.32 Å². The van der Waals surface area contributed by atoms with Crippen LogP contribution >= 0.6 is 0 Å². The summed E-state index contributed by atoms with van der Waals surface area (Å²) in [5.74, 6) is 1.85. The average Bonchev–Trinajstić information content (AvgIpc) is 2.82. The van der Waals surface area contributed by atoms with Gasteiger partial charge in [-0.05, 0) is 47.7 Å². The smallest absolute Gasteiger partial charge is 0.225 e. The second kappa shape index (κ2) is 8.94. The van der Waals surface area contributed by atoms with Crippen molar-refractivity contribution in [3.8, 4) is 23.0 Å². The Morgan fingerprint density at radius 1 is 0.812 bits per heavy atom. The fourth-order valence-corrected chi connectivity index (χ4v) is 4.68. The Balaban J connectivity index is 1.72. The third-order valence-electron chi connectivity index (χ3n) is 6.19. The van der Waals surface area contributed by atoms with E-state index in [2.05, 4.69) is 5.32 Å². The lowest BCUT2D eigenvalue weighted by Crippen LogP contribution is -2.38. The number of nitrogens with one attached hydrogen (secondary N) is 1. The van der Waals surface area contributed by atoms with Crippen molar-refractivity contribution < 1.29 is 28.5 Å². The number of methoxy groups -OCH3 is 4. The van der Waals surface area contributed by atoms with Crippen molar-refractivity contribution in [2.75, 3.05) is 28.4 Å². The molecule has 4 rings (SSSR count). The Bertz CT molecular complexity index is 1060. The molecule has 1 heterocycles. The van der Waals surface area contributed by atoms with Crippen LogP contribution in [0.1, 0.15) is 42.2 Å². The number of allylic oxidation sites excluding steroid dienone is 2. The first kappa shape index (κ1) is 21.7. The molecular weight excluding hydrogens is 410 g/mol. The lowest BCUT2D eigenvalue weighted by molar-refractivity contribution is -0.122. The molecule has 2 aliphatic rings. The standard InChI is InChI=1S/C25H27NO6/c1-29-17-7-5-6-14(8-17)18-13-23(28)26-19-9-15(10-20(27)24(18)19)16-11-21(30-2)25(32-4)22(12-16)31-3/h5-8,11-12,15,18H,9-10,13H2,1-4H3,(H,26,28)/t15-,18+/m0/s1. The summed E-state index contributed by atoms with van der Waals surface area (Å²) in [5, 5.41) is 2.96. The molecule has 7 heteroatoms. The summed E-state index contributed by atoms with van der Waals surface area (Å²) < 4.78 is 21.7. The van der Waals surface area contributed by atoms with Gasteiger partial charge in [-0.25, -0.2) is 0 Å². The van der Waals surface area contributed by atoms with Crippen LogP contribution in [0.3, 0.4) is 0 Å². The monoisotopic (exact) mass is 437 g/mol. The molecule has 168 valence electrons. The molecule has 7 nitrogen and oxygen atoms in total. The molecule has 0 bridgehead atoms. The lowest BCUT2D eigenvalue weighted by atomic mass is 9.73. The van der Waals surface area contributed by atoms with Crippen molar-refractivity contribution in [2.45, 2.75) is 31.1 Å². The number of rotatable bonds is 6. The second-order valence-electron chi connectivity index (χ2n) is 7.96. The predicted octanol–water partition coefficient (Wildman–Crippen LogP) is 3.73. The number of hydrogen-bond acceptors (Lipinski definition) is 6. The minimum absolute atomic E-state index is 0.0396. The molecule has 0 spiro atoms. The van der Waals surface area contributed by atoms with Crippen LogP contribution in [-0.4, -0.2) is 40.1 Å². The molecule has 0 unspecified atom stereocenters. The van der Waals surface area contributed by atoms with Crippen LogP contribution in [0.2, 0.25) is 0 Å². The molecule has 1 N–H and O–H groups in total. The summed E-state index contributed by atoms with van der Waals surface area (Å²) in [5.41, 5.74) is 3.20. The van der Waals surface area contributed by atoms with Crippen molar-refractivity contribution in [3.63, 3.8) is 0 Å². The third kappa shape index (κ3) is 3.90. The molecule has 1 aliphatic heterocycles. The first-order chi connectivity index (χ1) is 15.5. The summed E-state index contributed by atoms with van der Waals surface area (Å²) in [4.78, 5) is 25.9. The Morgan fingerprint density at radius 3 is 2.16 bits per heavy atom. The highest BCUT2D eigenvalue weighted by atomic mass is 16.5. The number of carbonyl (C=O) groups is 2. The van der Waals surface area contributed by atoms with Gasteiger partial charge in [0.25, 0.3) is 0 Å². The van der Waals surface area contributed by atoms with E-state index >= 15 is 0 Å². The van der Waals surface area contributed by atoms with Gasteiger partial charge >= 0.3 is 0 Å². The number of carbonyl (C=O) groups excluding carboxylic acids is 2. The van der Waals surface area contributed by atoms with Gasteiger partial charge in [-0.15, -0.1) is 0 Å². The maximum absolute atomic E-state index is 13.4. The van der Waals surface area contributed by atoms with E-state index in [0.29, 0.717) is 47.1 Å². The van der Waals surface area contributed by atoms with Gasteiger partial charge < -0.3 is 24.3 Å². The Morgan fingerprint density at radius 2 is 1.53 bits per heavy atom. The van der Waals surface area contributed by atoms with E-state index in [4.69, 9.17) is 18.9 Å². The molecule has 2 atom stereocenters. The highest BCUT2D eigenvalue weighted by molar-refractivity contribution is 6.02. The first-order valence-electron chi connectivity index (χ1n) is 10.5. The molecule has 0 radical (unpaired) electrons. The SMILES string of the molecule is COc1cccc([C@H]2CC(=O)NC3=C2C(=O)C[C@@H](c2cc(OC)c(OC)c(OC)c2)C3)c1. The zero-order valence-electron chi connectivity index (χ0n) is 18.7. The van der Waals surface area contributed by atoms with Crippen molar-refractivity contribution in [2.24, 2.45) is 0 Å². The molecule has 2 aromatic rings. The average molecular weight is 437 g/mol. The van der Waals surface area contributed by atoms with Crippen LogP contribution in [0.5, 0.6) is 23.0 Å². The summed E-state index contributed by atoms with van der Waals surface area (Å²) in [6.45, 7) is 0. The number of hydrogen-bond donors (Lipinski definition) is 1. The van der Waals surface area contributed by atoms with Gasteiger partial charge in [-0.2, -0.15) is 0 Å². The summed E-state index contributed by atoms with van der Waals surface area (Å²) in [7, 11) is 6.28. The maximum Gasteiger partial charge on any atom is 0.225 e. The Labute approximate surface area is 187 Å². The largest absolute Gasteiger partial charge is 0.497 e. The maximum atomic E-state index is 13.4. The first-order valence-corrected chi connectivity index (χ1v) is 10.5. The van der Waals surface area contributed by atoms with Crippen molar-refractivity contribution >= 4 is 11.7 Å². The number of ketones is 1. The minimum atomic E-state index is -0.276. The number of benzene rings is 2. The number of Topliss-reactive ketones (excluding diaryl/α,β-unsaturated/α-hetero) is 1. The number of amides is 1. The second-order valence-corrected chi connectivity index (χ2v) is 7.96. The van der Waals surface area contributed by atoms with E-state index in [1.54, 1.807) is 28.4 Å². The number of ether oxygens (including phenoxy) is 4. The normalized spacial score (nSPS) is 20.4. The summed E-state index contributed by atoms with van der Waals surface area (Å²) in [6, 6.07) is 11.3. The van der Waals surface area contributed by atoms with Crippen molar-refractivity contribution in [1.29, 1.82) is 0 Å². The van der Waals surface area contributed by atoms with Gasteiger partial charge in [0.15, 0.2) is 17.3 Å². The molecule has 0 fully saturated rings. The minimum Gasteiger partial charge on any atom is -0.497 e. The molecule has 0 saturated carbocycles. The van der Waals surface area contributed by atoms with Gasteiger partial charge in [0, 0.05) is 30.0 Å². The predicted molar refractivity (Wildman–Crippen MR) is 119 cm³/mol. The van der Waals surface area contributed by atoms with Gasteiger partial charge in [0.1, 0.15) is 5.75 Å². The quantitative estimate of drug-likeness (QED) is 0.742. The molecular formula is C25H27NO6. The van der Waals surface area contributed by atoms with Crippen LogP contribution in [-0.2, 0) is 9.59 Å². The van der Waals surface area contributed by atoms with E-state index in [-0.39, 0.29) is 29.9 Å². The molecule has 2 aromatic carbocycles. The van der Waals surface area contributed by atoms with Gasteiger partial charge in [0.05, 0.1) is 28.4 Å². The fraction of sp³-hybridized carbons (Fsp3) is 0.360. The van der Waals surface area contributed by atoms with E-state index in [1.165, 1.54) is 0 Å². The molecule has 0 aromatic heterocycles. The summed E-state index contributed by atoms with van der Waals surface area (Å²) >= 11 is 0. The van der Waals surface area contributed by atoms with Crippen LogP contribution in [0.25, 0.3) is 0 Å². The van der Waals surface area contributed by atoms with E-state index in [0.717, 1.165) is 11.1 Å². The van der Waals surface area contributed by atoms with E-state index < -0.39 is 0 Å². The fourth-order valence-electron chi connectivity index (χ4n) is 4.68. The van der Waals surface area contributed by atoms with E-state index in [1.807, 2.05) is 36.4 Å². The Hall–Kier alpha value is -3.48. The highest BCUT2D eigenvalue weighted by Crippen LogP contribution is 2.46. The van der Waals surface area contributed by atoms with Crippen molar-refractivity contribution in [3.05, 3.63) is 58.8 Å². The van der Waals surface area contributed by atoms with Crippen LogP contribution in [0.15, 0.2) is 47.7 Å². The van der Waals surface area contributed by atoms with Gasteiger partial charge in [0.2, 0.25) is 11.7 Å². The van der Waals surface area contributed by atoms with Gasteiger partial charge in [-0.1, -0.05) is 12.1 Å². The zero-order valence-corrected chi connectivity index (χ0v) is 18.7. The highest BCUT2D eigenvalue weighted by Gasteiger charge is 2.38. The lowest BCUT2D eigenvalue weighted by Gasteiger charge is -2.34. The van der Waals surface area contributed by atoms with Crippen LogP contribution in [0.4, 0.5) is 0 Å². The summed E-state index contributed by atoms with van der Waals surface area (Å²) in [6.07, 6.45) is 1.13. The molecule has 1 amide bonds. The Kier molecular flexibility index (Phi) is 6.08. The zero-order chi connectivity index (χ0) is 22.8. The van der Waals surface area contributed by atoms with Gasteiger partial charge in [-0.3, -0.25) is 9.59 Å². The van der Waals surface area contributed by atoms with Crippen LogP contribution in [0, 0.1) is 0 Å². The molecule has 1 aliphatic carbocycles. The molecule has 32 heavy (non-hydrogen) atoms. The van der Waals surface area contributed by atoms with E-state index in [9.17, 15) is 9.59 Å².